The van der Waals surface area contributed by atoms with Crippen molar-refractivity contribution in [3.05, 3.63) is 60.0 Å². The molecule has 8 heteroatoms. The lowest BCUT2D eigenvalue weighted by Crippen LogP contribution is -3.19. The highest BCUT2D eigenvalue weighted by Gasteiger charge is 2.31. The van der Waals surface area contributed by atoms with Gasteiger partial charge in [0.2, 0.25) is 0 Å². The highest BCUT2D eigenvalue weighted by molar-refractivity contribution is 6.11. The summed E-state index contributed by atoms with van der Waals surface area (Å²) in [7, 11) is 0. The molecule has 1 aromatic heterocycles. The van der Waals surface area contributed by atoms with Crippen LogP contribution in [0.1, 0.15) is 24.3 Å². The number of esters is 1. The van der Waals surface area contributed by atoms with Gasteiger partial charge in [0, 0.05) is 16.6 Å². The van der Waals surface area contributed by atoms with Crippen molar-refractivity contribution in [3.63, 3.8) is 0 Å². The van der Waals surface area contributed by atoms with Gasteiger partial charge in [0.1, 0.15) is 11.5 Å². The first-order valence-corrected chi connectivity index (χ1v) is 10.9. The van der Waals surface area contributed by atoms with Crippen molar-refractivity contribution in [1.29, 1.82) is 0 Å². The van der Waals surface area contributed by atoms with Crippen molar-refractivity contribution < 1.29 is 23.6 Å². The van der Waals surface area contributed by atoms with Crippen LogP contribution in [0, 0.1) is 5.82 Å². The molecule has 1 atom stereocenters. The van der Waals surface area contributed by atoms with Gasteiger partial charge in [-0.25, -0.2) is 9.18 Å². The molecule has 2 aromatic carbocycles. The van der Waals surface area contributed by atoms with E-state index >= 15 is 0 Å². The number of nitrogens with zero attached hydrogens (tertiary/aromatic N) is 1. The minimum absolute atomic E-state index is 0.122. The zero-order valence-electron chi connectivity index (χ0n) is 18.3. The molecule has 0 saturated carbocycles. The average molecular weight is 440 g/mol. The van der Waals surface area contributed by atoms with Gasteiger partial charge in [-0.15, -0.1) is 0 Å². The fourth-order valence-corrected chi connectivity index (χ4v) is 4.19. The lowest BCUT2D eigenvalue weighted by molar-refractivity contribution is -0.914. The van der Waals surface area contributed by atoms with Crippen LogP contribution >= 0.6 is 0 Å². The maximum absolute atomic E-state index is 13.9. The van der Waals surface area contributed by atoms with Crippen LogP contribution in [0.2, 0.25) is 0 Å². The number of anilines is 2. The Bertz CT molecular complexity index is 1110. The van der Waals surface area contributed by atoms with Crippen LogP contribution in [0.3, 0.4) is 0 Å². The van der Waals surface area contributed by atoms with E-state index in [9.17, 15) is 14.0 Å². The molecular formula is C24H28FN4O3+. The van der Waals surface area contributed by atoms with Gasteiger partial charge in [-0.05, 0) is 44.2 Å². The molecule has 1 amide bonds. The number of aromatic nitrogens is 1. The number of hydrogen-bond acceptors (Lipinski definition) is 4. The molecule has 2 heterocycles. The smallest absolute Gasteiger partial charge is 0.356 e. The van der Waals surface area contributed by atoms with E-state index in [0.717, 1.165) is 26.2 Å². The van der Waals surface area contributed by atoms with Crippen LogP contribution in [0.4, 0.5) is 15.8 Å². The summed E-state index contributed by atoms with van der Waals surface area (Å²) in [5, 5.41) is 3.31. The van der Waals surface area contributed by atoms with Crippen molar-refractivity contribution in [3.8, 4) is 0 Å². The Kier molecular flexibility index (Phi) is 6.41. The number of carbonyl (C=O) groups is 2. The Morgan fingerprint density at radius 2 is 1.91 bits per heavy atom. The maximum atomic E-state index is 13.9. The second kappa shape index (κ2) is 9.40. The molecule has 4 rings (SSSR count). The molecule has 3 N–H and O–H groups in total. The van der Waals surface area contributed by atoms with Crippen LogP contribution in [-0.4, -0.2) is 55.7 Å². The molecule has 0 unspecified atom stereocenters. The lowest BCUT2D eigenvalue weighted by atomic mass is 10.1. The lowest BCUT2D eigenvalue weighted by Gasteiger charge is -2.36. The zero-order chi connectivity index (χ0) is 22.7. The van der Waals surface area contributed by atoms with E-state index in [1.165, 1.54) is 22.7 Å². The highest BCUT2D eigenvalue weighted by atomic mass is 19.1. The number of piperazine rings is 1. The summed E-state index contributed by atoms with van der Waals surface area (Å²) in [6.45, 7) is 7.11. The molecule has 0 spiro atoms. The molecular weight excluding hydrogens is 411 g/mol. The quantitative estimate of drug-likeness (QED) is 0.515. The fourth-order valence-electron chi connectivity index (χ4n) is 4.19. The molecule has 1 fully saturated rings. The van der Waals surface area contributed by atoms with Crippen molar-refractivity contribution in [2.75, 3.05) is 43.0 Å². The van der Waals surface area contributed by atoms with Crippen LogP contribution in [0.15, 0.2) is 48.5 Å². The number of hydrogen-bond donors (Lipinski definition) is 3. The number of ether oxygens (including phenoxy) is 1. The first-order chi connectivity index (χ1) is 15.5. The number of aromatic amines is 1. The topological polar surface area (TPSA) is 78.9 Å². The average Bonchev–Trinajstić information content (AvgIpc) is 3.17. The number of quaternary nitrogens is 1. The molecule has 168 valence electrons. The predicted octanol–water partition coefficient (Wildman–Crippen LogP) is 2.22. The Hall–Kier alpha value is -3.39. The highest BCUT2D eigenvalue weighted by Crippen LogP contribution is 2.29. The minimum atomic E-state index is -0.587. The van der Waals surface area contributed by atoms with Crippen LogP contribution < -0.4 is 15.1 Å². The largest absolute Gasteiger partial charge is 0.461 e. The summed E-state index contributed by atoms with van der Waals surface area (Å²) < 4.78 is 19.0. The molecule has 1 aliphatic heterocycles. The van der Waals surface area contributed by atoms with E-state index < -0.39 is 11.8 Å². The first kappa shape index (κ1) is 21.8. The number of amides is 1. The Balaban J connectivity index is 1.49. The summed E-state index contributed by atoms with van der Waals surface area (Å²) >= 11 is 0. The first-order valence-electron chi connectivity index (χ1n) is 10.9. The summed E-state index contributed by atoms with van der Waals surface area (Å²) in [6.07, 6.45) is 0. The summed E-state index contributed by atoms with van der Waals surface area (Å²) in [5.41, 5.74) is 2.12. The van der Waals surface area contributed by atoms with E-state index in [-0.39, 0.29) is 29.9 Å². The van der Waals surface area contributed by atoms with Crippen molar-refractivity contribution in [1.82, 2.24) is 4.98 Å². The number of fused-ring (bicyclic) bond motifs is 1. The van der Waals surface area contributed by atoms with E-state index in [4.69, 9.17) is 4.74 Å². The zero-order valence-corrected chi connectivity index (χ0v) is 18.3. The predicted molar refractivity (Wildman–Crippen MR) is 122 cm³/mol. The fraction of sp³-hybridized carbons (Fsp3) is 0.333. The van der Waals surface area contributed by atoms with Gasteiger partial charge < -0.3 is 24.8 Å². The Morgan fingerprint density at radius 3 is 2.59 bits per heavy atom. The van der Waals surface area contributed by atoms with Gasteiger partial charge in [0.05, 0.1) is 38.5 Å². The van der Waals surface area contributed by atoms with Gasteiger partial charge in [0.15, 0.2) is 6.04 Å². The van der Waals surface area contributed by atoms with Crippen LogP contribution in [-0.2, 0) is 9.53 Å². The summed E-state index contributed by atoms with van der Waals surface area (Å²) in [4.78, 5) is 32.0. The second-order valence-electron chi connectivity index (χ2n) is 7.98. The number of H-pyrrole nitrogens is 1. The molecule has 1 aliphatic rings. The number of halogens is 1. The normalized spacial score (nSPS) is 15.5. The summed E-state index contributed by atoms with van der Waals surface area (Å²) in [5.74, 6) is -1.25. The van der Waals surface area contributed by atoms with E-state index in [1.807, 2.05) is 25.1 Å². The third-order valence-corrected chi connectivity index (χ3v) is 6.02. The molecule has 0 aliphatic carbocycles. The minimum Gasteiger partial charge on any atom is -0.461 e. The van der Waals surface area contributed by atoms with E-state index in [2.05, 4.69) is 27.3 Å². The van der Waals surface area contributed by atoms with E-state index in [0.29, 0.717) is 10.9 Å². The Morgan fingerprint density at radius 1 is 1.19 bits per heavy atom. The number of carbonyl (C=O) groups excluding carboxylic acids is 2. The molecule has 3 aromatic rings. The van der Waals surface area contributed by atoms with Crippen molar-refractivity contribution in [2.24, 2.45) is 0 Å². The SMILES string of the molecule is CCOC(=O)c1[nH]c2ccc(F)cc2c1NC(=O)[C@@H](C)[NH+]1CCN(c2ccccc2)CC1. The molecule has 32 heavy (non-hydrogen) atoms. The molecule has 0 bridgehead atoms. The van der Waals surface area contributed by atoms with Crippen molar-refractivity contribution in [2.45, 2.75) is 19.9 Å². The Labute approximate surface area is 186 Å². The molecule has 1 saturated heterocycles. The number of nitrogens with one attached hydrogen (secondary N) is 3. The van der Waals surface area contributed by atoms with Crippen molar-refractivity contribution >= 4 is 34.2 Å². The van der Waals surface area contributed by atoms with Gasteiger partial charge in [0.25, 0.3) is 5.91 Å². The monoisotopic (exact) mass is 439 g/mol. The molecule has 7 nitrogen and oxygen atoms in total. The number of para-hydroxylation sites is 1. The van der Waals surface area contributed by atoms with Crippen LogP contribution in [0.25, 0.3) is 10.9 Å². The number of rotatable bonds is 6. The third kappa shape index (κ3) is 4.45. The van der Waals surface area contributed by atoms with Gasteiger partial charge in [-0.1, -0.05) is 18.2 Å². The van der Waals surface area contributed by atoms with Gasteiger partial charge in [-0.3, -0.25) is 4.79 Å². The number of benzene rings is 2. The standard InChI is InChI=1S/C24H27FN4O3/c1-3-32-24(31)22-21(19-15-17(25)9-10-20(19)26-22)27-23(30)16(2)28-11-13-29(14-12-28)18-7-5-4-6-8-18/h4-10,15-16,26H,3,11-14H2,1-2H3,(H,27,30)/p+1/t16-/m1/s1. The van der Waals surface area contributed by atoms with E-state index in [1.54, 1.807) is 13.0 Å². The van der Waals surface area contributed by atoms with Gasteiger partial charge >= 0.3 is 5.97 Å². The molecule has 0 radical (unpaired) electrons. The third-order valence-electron chi connectivity index (χ3n) is 6.02. The summed E-state index contributed by atoms with van der Waals surface area (Å²) in [6, 6.07) is 14.0. The maximum Gasteiger partial charge on any atom is 0.356 e. The van der Waals surface area contributed by atoms with Crippen LogP contribution in [0.5, 0.6) is 0 Å². The van der Waals surface area contributed by atoms with Gasteiger partial charge in [-0.2, -0.15) is 0 Å². The second-order valence-corrected chi connectivity index (χ2v) is 7.98.